The van der Waals surface area contributed by atoms with Crippen LogP contribution in [0.3, 0.4) is 0 Å². The van der Waals surface area contributed by atoms with E-state index >= 15 is 0 Å². The van der Waals surface area contributed by atoms with Gasteiger partial charge in [-0.05, 0) is 37.1 Å². The Kier molecular flexibility index (Phi) is 4.83. The Morgan fingerprint density at radius 1 is 1.12 bits per heavy atom. The Morgan fingerprint density at radius 3 is 2.29 bits per heavy atom. The van der Waals surface area contributed by atoms with Crippen LogP contribution in [0.2, 0.25) is 0 Å². The highest BCUT2D eigenvalue weighted by Crippen LogP contribution is 2.22. The van der Waals surface area contributed by atoms with Gasteiger partial charge in [0.05, 0.1) is 11.6 Å². The molecule has 0 heterocycles. The van der Waals surface area contributed by atoms with Crippen molar-refractivity contribution in [3.05, 3.63) is 29.8 Å². The highest BCUT2D eigenvalue weighted by atomic mass is 19.4. The van der Waals surface area contributed by atoms with Crippen molar-refractivity contribution in [2.45, 2.75) is 25.4 Å². The molecule has 0 unspecified atom stereocenters. The van der Waals surface area contributed by atoms with Gasteiger partial charge in [0, 0.05) is 18.7 Å². The van der Waals surface area contributed by atoms with Gasteiger partial charge in [-0.3, -0.25) is 0 Å². The molecule has 0 bridgehead atoms. The number of halogens is 3. The summed E-state index contributed by atoms with van der Waals surface area (Å²) >= 11 is 0. The molecule has 0 saturated heterocycles. The molecule has 0 aliphatic heterocycles. The molecule has 0 aromatic heterocycles. The van der Waals surface area contributed by atoms with Crippen LogP contribution in [0.1, 0.15) is 24.8 Å². The molecule has 17 heavy (non-hydrogen) atoms. The van der Waals surface area contributed by atoms with Gasteiger partial charge in [-0.15, -0.1) is 0 Å². The number of alkyl halides is 3. The van der Waals surface area contributed by atoms with E-state index in [0.29, 0.717) is 18.5 Å². The lowest BCUT2D eigenvalue weighted by Gasteiger charge is -2.07. The maximum Gasteiger partial charge on any atom is 0.389 e. The smallest absolute Gasteiger partial charge is 0.385 e. The fourth-order valence-electron chi connectivity index (χ4n) is 1.35. The van der Waals surface area contributed by atoms with E-state index in [1.807, 2.05) is 6.07 Å². The SMILES string of the molecule is N#Cc1ccc(NCCCCC(F)(F)F)cc1. The number of nitrogens with zero attached hydrogens (tertiary/aromatic N) is 1. The minimum Gasteiger partial charge on any atom is -0.385 e. The van der Waals surface area contributed by atoms with Gasteiger partial charge < -0.3 is 5.32 Å². The van der Waals surface area contributed by atoms with Gasteiger partial charge in [-0.2, -0.15) is 18.4 Å². The van der Waals surface area contributed by atoms with Crippen molar-refractivity contribution in [3.8, 4) is 6.07 Å². The van der Waals surface area contributed by atoms with Crippen LogP contribution < -0.4 is 5.32 Å². The van der Waals surface area contributed by atoms with E-state index in [-0.39, 0.29) is 6.42 Å². The maximum atomic E-state index is 11.8. The third-order valence-corrected chi connectivity index (χ3v) is 2.23. The van der Waals surface area contributed by atoms with E-state index in [1.54, 1.807) is 24.3 Å². The van der Waals surface area contributed by atoms with E-state index in [2.05, 4.69) is 5.32 Å². The van der Waals surface area contributed by atoms with Gasteiger partial charge in [-0.1, -0.05) is 0 Å². The predicted octanol–water partition coefficient (Wildman–Crippen LogP) is 3.70. The molecule has 0 spiro atoms. The molecule has 0 aliphatic carbocycles. The third kappa shape index (κ3) is 5.81. The van der Waals surface area contributed by atoms with E-state index in [0.717, 1.165) is 5.69 Å². The van der Waals surface area contributed by atoms with Gasteiger partial charge in [0.2, 0.25) is 0 Å². The van der Waals surface area contributed by atoms with Gasteiger partial charge in [0.1, 0.15) is 0 Å². The Hall–Kier alpha value is -1.70. The summed E-state index contributed by atoms with van der Waals surface area (Å²) < 4.78 is 35.5. The molecule has 92 valence electrons. The number of unbranched alkanes of at least 4 members (excludes halogenated alkanes) is 1. The Bertz CT molecular complexity index is 376. The molecule has 0 amide bonds. The van der Waals surface area contributed by atoms with Crippen LogP contribution in [0, 0.1) is 11.3 Å². The van der Waals surface area contributed by atoms with Crippen LogP contribution in [-0.4, -0.2) is 12.7 Å². The zero-order valence-corrected chi connectivity index (χ0v) is 9.22. The Labute approximate surface area is 98.1 Å². The first kappa shape index (κ1) is 13.4. The molecule has 5 heteroatoms. The predicted molar refractivity (Wildman–Crippen MR) is 59.6 cm³/mol. The summed E-state index contributed by atoms with van der Waals surface area (Å²) in [6, 6.07) is 8.80. The van der Waals surface area contributed by atoms with Gasteiger partial charge in [-0.25, -0.2) is 0 Å². The molecule has 1 N–H and O–H groups in total. The maximum absolute atomic E-state index is 11.8. The first-order valence-electron chi connectivity index (χ1n) is 5.32. The lowest BCUT2D eigenvalue weighted by Crippen LogP contribution is -2.08. The van der Waals surface area contributed by atoms with Crippen molar-refractivity contribution in [2.75, 3.05) is 11.9 Å². The van der Waals surface area contributed by atoms with Crippen LogP contribution in [-0.2, 0) is 0 Å². The Morgan fingerprint density at radius 2 is 1.76 bits per heavy atom. The van der Waals surface area contributed by atoms with Crippen molar-refractivity contribution in [1.82, 2.24) is 0 Å². The number of anilines is 1. The second-order valence-electron chi connectivity index (χ2n) is 3.69. The van der Waals surface area contributed by atoms with Crippen LogP contribution >= 0.6 is 0 Å². The second kappa shape index (κ2) is 6.14. The molecular formula is C12H13F3N2. The third-order valence-electron chi connectivity index (χ3n) is 2.23. The molecule has 0 aliphatic rings. The van der Waals surface area contributed by atoms with E-state index in [9.17, 15) is 13.2 Å². The fraction of sp³-hybridized carbons (Fsp3) is 0.417. The van der Waals surface area contributed by atoms with Crippen molar-refractivity contribution < 1.29 is 13.2 Å². The summed E-state index contributed by atoms with van der Waals surface area (Å²) in [6.45, 7) is 0.502. The van der Waals surface area contributed by atoms with Gasteiger partial charge in [0.25, 0.3) is 0 Å². The van der Waals surface area contributed by atoms with Gasteiger partial charge >= 0.3 is 6.18 Å². The topological polar surface area (TPSA) is 35.8 Å². The Balaban J connectivity index is 2.20. The number of hydrogen-bond acceptors (Lipinski definition) is 2. The number of hydrogen-bond donors (Lipinski definition) is 1. The molecule has 0 saturated carbocycles. The highest BCUT2D eigenvalue weighted by Gasteiger charge is 2.25. The van der Waals surface area contributed by atoms with Crippen molar-refractivity contribution >= 4 is 5.69 Å². The standard InChI is InChI=1S/C12H13F3N2/c13-12(14,15)7-1-2-8-17-11-5-3-10(9-16)4-6-11/h3-6,17H,1-2,7-8H2. The summed E-state index contributed by atoms with van der Waals surface area (Å²) in [6.07, 6.45) is -4.19. The summed E-state index contributed by atoms with van der Waals surface area (Å²) in [5.41, 5.74) is 1.38. The molecule has 0 atom stereocenters. The van der Waals surface area contributed by atoms with Crippen molar-refractivity contribution in [1.29, 1.82) is 5.26 Å². The average molecular weight is 242 g/mol. The monoisotopic (exact) mass is 242 g/mol. The van der Waals surface area contributed by atoms with E-state index < -0.39 is 12.6 Å². The zero-order valence-electron chi connectivity index (χ0n) is 9.22. The first-order valence-corrected chi connectivity index (χ1v) is 5.32. The summed E-state index contributed by atoms with van der Waals surface area (Å²) in [4.78, 5) is 0. The van der Waals surface area contributed by atoms with Crippen LogP contribution in [0.15, 0.2) is 24.3 Å². The second-order valence-corrected chi connectivity index (χ2v) is 3.69. The highest BCUT2D eigenvalue weighted by molar-refractivity contribution is 5.46. The quantitative estimate of drug-likeness (QED) is 0.799. The minimum atomic E-state index is -4.06. The van der Waals surface area contributed by atoms with Gasteiger partial charge in [0.15, 0.2) is 0 Å². The van der Waals surface area contributed by atoms with Crippen LogP contribution in [0.5, 0.6) is 0 Å². The molecule has 0 fully saturated rings. The molecule has 0 radical (unpaired) electrons. The van der Waals surface area contributed by atoms with Crippen LogP contribution in [0.25, 0.3) is 0 Å². The molecule has 1 rings (SSSR count). The van der Waals surface area contributed by atoms with Crippen molar-refractivity contribution in [2.24, 2.45) is 0 Å². The zero-order chi connectivity index (χ0) is 12.7. The van der Waals surface area contributed by atoms with E-state index in [4.69, 9.17) is 5.26 Å². The van der Waals surface area contributed by atoms with Crippen molar-refractivity contribution in [3.63, 3.8) is 0 Å². The molecule has 1 aromatic carbocycles. The fourth-order valence-corrected chi connectivity index (χ4v) is 1.35. The lowest BCUT2D eigenvalue weighted by atomic mass is 10.2. The number of rotatable bonds is 5. The van der Waals surface area contributed by atoms with E-state index in [1.165, 1.54) is 0 Å². The summed E-state index contributed by atoms with van der Waals surface area (Å²) in [5.74, 6) is 0. The minimum absolute atomic E-state index is 0.132. The first-order chi connectivity index (χ1) is 8.01. The summed E-state index contributed by atoms with van der Waals surface area (Å²) in [7, 11) is 0. The number of benzene rings is 1. The lowest BCUT2D eigenvalue weighted by molar-refractivity contribution is -0.135. The number of nitriles is 1. The molecule has 2 nitrogen and oxygen atoms in total. The number of nitrogens with one attached hydrogen (secondary N) is 1. The largest absolute Gasteiger partial charge is 0.389 e. The molecular weight excluding hydrogens is 229 g/mol. The summed E-state index contributed by atoms with van der Waals surface area (Å²) in [5, 5.41) is 11.6. The normalized spacial score (nSPS) is 10.9. The average Bonchev–Trinajstić information content (AvgIpc) is 2.28. The molecule has 1 aromatic rings. The van der Waals surface area contributed by atoms with Crippen LogP contribution in [0.4, 0.5) is 18.9 Å².